The Balaban J connectivity index is 3.55. The summed E-state index contributed by atoms with van der Waals surface area (Å²) in [4.78, 5) is 11.8. The van der Waals surface area contributed by atoms with Crippen molar-refractivity contribution < 1.29 is 4.79 Å². The van der Waals surface area contributed by atoms with Crippen LogP contribution in [-0.4, -0.2) is 24.4 Å². The molecule has 0 unspecified atom stereocenters. The molecular weight excluding hydrogens is 114 g/mol. The Bertz CT molecular complexity index is 109. The van der Waals surface area contributed by atoms with Crippen molar-refractivity contribution >= 4 is 6.41 Å². The molecule has 1 amide bonds. The van der Waals surface area contributed by atoms with Crippen LogP contribution in [0, 0.1) is 0 Å². The molecule has 0 radical (unpaired) electrons. The monoisotopic (exact) mass is 127 g/mol. The molecule has 0 atom stereocenters. The van der Waals surface area contributed by atoms with Gasteiger partial charge in [0, 0.05) is 13.1 Å². The molecule has 52 valence electrons. The Labute approximate surface area is 56.2 Å². The minimum atomic E-state index is 0.681. The molecule has 2 nitrogen and oxygen atoms in total. The van der Waals surface area contributed by atoms with Gasteiger partial charge in [-0.25, -0.2) is 0 Å². The van der Waals surface area contributed by atoms with Crippen LogP contribution in [-0.2, 0) is 4.79 Å². The van der Waals surface area contributed by atoms with Crippen LogP contribution in [0.25, 0.3) is 0 Å². The molecule has 2 heteroatoms. The second kappa shape index (κ2) is 4.13. The van der Waals surface area contributed by atoms with Gasteiger partial charge in [0.05, 0.1) is 0 Å². The standard InChI is InChI=1S/C7H13NO/c1-4-8(6-9)5-7(2)3/h6H,2,4-5H2,1,3H3. The Morgan fingerprint density at radius 2 is 2.33 bits per heavy atom. The van der Waals surface area contributed by atoms with Crippen LogP contribution in [0.15, 0.2) is 12.2 Å². The van der Waals surface area contributed by atoms with Gasteiger partial charge < -0.3 is 4.90 Å². The third-order valence-electron chi connectivity index (χ3n) is 1.03. The molecule has 0 aromatic rings. The third kappa shape index (κ3) is 3.76. The van der Waals surface area contributed by atoms with E-state index in [4.69, 9.17) is 0 Å². The topological polar surface area (TPSA) is 20.3 Å². The lowest BCUT2D eigenvalue weighted by Gasteiger charge is -2.13. The molecule has 0 N–H and O–H groups in total. The van der Waals surface area contributed by atoms with Gasteiger partial charge in [0.15, 0.2) is 0 Å². The summed E-state index contributed by atoms with van der Waals surface area (Å²) in [6.07, 6.45) is 0.842. The van der Waals surface area contributed by atoms with Gasteiger partial charge in [-0.2, -0.15) is 0 Å². The molecule has 9 heavy (non-hydrogen) atoms. The van der Waals surface area contributed by atoms with Gasteiger partial charge in [0.1, 0.15) is 0 Å². The van der Waals surface area contributed by atoms with E-state index < -0.39 is 0 Å². The van der Waals surface area contributed by atoms with Crippen molar-refractivity contribution in [3.63, 3.8) is 0 Å². The summed E-state index contributed by atoms with van der Waals surface area (Å²) >= 11 is 0. The summed E-state index contributed by atoms with van der Waals surface area (Å²) < 4.78 is 0. The maximum absolute atomic E-state index is 10.2. The summed E-state index contributed by atoms with van der Waals surface area (Å²) in [5.74, 6) is 0. The van der Waals surface area contributed by atoms with Crippen LogP contribution in [0.1, 0.15) is 13.8 Å². The average molecular weight is 127 g/mol. The van der Waals surface area contributed by atoms with E-state index in [0.717, 1.165) is 18.5 Å². The average Bonchev–Trinajstić information content (AvgIpc) is 1.82. The fraction of sp³-hybridized carbons (Fsp3) is 0.571. The van der Waals surface area contributed by atoms with Crippen molar-refractivity contribution in [1.29, 1.82) is 0 Å². The molecule has 0 aliphatic carbocycles. The first-order valence-electron chi connectivity index (χ1n) is 3.04. The first-order valence-corrected chi connectivity index (χ1v) is 3.04. The molecule has 0 fully saturated rings. The number of hydrogen-bond acceptors (Lipinski definition) is 1. The third-order valence-corrected chi connectivity index (χ3v) is 1.03. The second-order valence-electron chi connectivity index (χ2n) is 2.13. The van der Waals surface area contributed by atoms with Crippen LogP contribution in [0.2, 0.25) is 0 Å². The minimum Gasteiger partial charge on any atom is -0.342 e. The van der Waals surface area contributed by atoms with Crippen LogP contribution in [0.4, 0.5) is 0 Å². The maximum Gasteiger partial charge on any atom is 0.209 e. The number of carbonyl (C=O) groups excluding carboxylic acids is 1. The van der Waals surface area contributed by atoms with Crippen molar-refractivity contribution in [2.24, 2.45) is 0 Å². The highest BCUT2D eigenvalue weighted by Gasteiger charge is 1.94. The maximum atomic E-state index is 10.2. The molecule has 0 aromatic heterocycles. The minimum absolute atomic E-state index is 0.681. The summed E-state index contributed by atoms with van der Waals surface area (Å²) in [6.45, 7) is 8.98. The lowest BCUT2D eigenvalue weighted by molar-refractivity contribution is -0.117. The SMILES string of the molecule is C=C(C)CN(C=O)CC. The molecule has 0 heterocycles. The van der Waals surface area contributed by atoms with Gasteiger partial charge in [-0.1, -0.05) is 12.2 Å². The van der Waals surface area contributed by atoms with E-state index >= 15 is 0 Å². The molecular formula is C7H13NO. The van der Waals surface area contributed by atoms with Crippen molar-refractivity contribution in [2.45, 2.75) is 13.8 Å². The van der Waals surface area contributed by atoms with Gasteiger partial charge in [0.2, 0.25) is 6.41 Å². The Morgan fingerprint density at radius 1 is 1.78 bits per heavy atom. The van der Waals surface area contributed by atoms with Crippen LogP contribution < -0.4 is 0 Å². The van der Waals surface area contributed by atoms with E-state index in [0.29, 0.717) is 6.54 Å². The normalized spacial score (nSPS) is 8.67. The summed E-state index contributed by atoms with van der Waals surface area (Å²) in [5, 5.41) is 0. The number of rotatable bonds is 4. The number of likely N-dealkylation sites (N-methyl/N-ethyl adjacent to an activating group) is 1. The molecule has 0 rings (SSSR count). The Morgan fingerprint density at radius 3 is 2.44 bits per heavy atom. The molecule has 0 saturated carbocycles. The van der Waals surface area contributed by atoms with E-state index in [9.17, 15) is 4.79 Å². The molecule has 0 saturated heterocycles. The van der Waals surface area contributed by atoms with Crippen molar-refractivity contribution in [3.8, 4) is 0 Å². The molecule has 0 aromatic carbocycles. The fourth-order valence-corrected chi connectivity index (χ4v) is 0.570. The highest BCUT2D eigenvalue weighted by Crippen LogP contribution is 1.90. The van der Waals surface area contributed by atoms with Gasteiger partial charge in [-0.05, 0) is 13.8 Å². The largest absolute Gasteiger partial charge is 0.342 e. The van der Waals surface area contributed by atoms with E-state index in [2.05, 4.69) is 6.58 Å². The first-order chi connectivity index (χ1) is 4.20. The second-order valence-corrected chi connectivity index (χ2v) is 2.13. The van der Waals surface area contributed by atoms with E-state index in [-0.39, 0.29) is 0 Å². The Kier molecular flexibility index (Phi) is 3.76. The number of carbonyl (C=O) groups is 1. The quantitative estimate of drug-likeness (QED) is 0.408. The number of hydrogen-bond donors (Lipinski definition) is 0. The summed E-state index contributed by atoms with van der Waals surface area (Å²) in [5.41, 5.74) is 1.02. The first kappa shape index (κ1) is 8.21. The van der Waals surface area contributed by atoms with Gasteiger partial charge >= 0.3 is 0 Å². The van der Waals surface area contributed by atoms with E-state index in [1.807, 2.05) is 13.8 Å². The van der Waals surface area contributed by atoms with Gasteiger partial charge in [-0.15, -0.1) is 0 Å². The van der Waals surface area contributed by atoms with Crippen LogP contribution in [0.3, 0.4) is 0 Å². The predicted molar refractivity (Wildman–Crippen MR) is 38.1 cm³/mol. The molecule has 0 bridgehead atoms. The highest BCUT2D eigenvalue weighted by atomic mass is 16.1. The molecule has 0 aliphatic rings. The van der Waals surface area contributed by atoms with Gasteiger partial charge in [-0.3, -0.25) is 4.79 Å². The van der Waals surface area contributed by atoms with E-state index in [1.54, 1.807) is 4.90 Å². The smallest absolute Gasteiger partial charge is 0.209 e. The Hall–Kier alpha value is -0.790. The number of nitrogens with zero attached hydrogens (tertiary/aromatic N) is 1. The zero-order chi connectivity index (χ0) is 7.28. The van der Waals surface area contributed by atoms with Crippen molar-refractivity contribution in [2.75, 3.05) is 13.1 Å². The summed E-state index contributed by atoms with van der Waals surface area (Å²) in [7, 11) is 0. The fourth-order valence-electron chi connectivity index (χ4n) is 0.570. The molecule has 0 aliphatic heterocycles. The zero-order valence-corrected chi connectivity index (χ0v) is 6.05. The van der Waals surface area contributed by atoms with E-state index in [1.165, 1.54) is 0 Å². The number of amides is 1. The van der Waals surface area contributed by atoms with Crippen LogP contribution in [0.5, 0.6) is 0 Å². The highest BCUT2D eigenvalue weighted by molar-refractivity contribution is 5.47. The predicted octanol–water partition coefficient (Wildman–Crippen LogP) is 1.04. The van der Waals surface area contributed by atoms with Crippen molar-refractivity contribution in [1.82, 2.24) is 4.90 Å². The summed E-state index contributed by atoms with van der Waals surface area (Å²) in [6, 6.07) is 0. The zero-order valence-electron chi connectivity index (χ0n) is 6.05. The molecule has 0 spiro atoms. The van der Waals surface area contributed by atoms with Crippen molar-refractivity contribution in [3.05, 3.63) is 12.2 Å². The lowest BCUT2D eigenvalue weighted by atomic mass is 10.3. The lowest BCUT2D eigenvalue weighted by Crippen LogP contribution is -2.22. The van der Waals surface area contributed by atoms with Crippen LogP contribution >= 0.6 is 0 Å². The van der Waals surface area contributed by atoms with Gasteiger partial charge in [0.25, 0.3) is 0 Å².